The smallest absolute Gasteiger partial charge is 0.237 e. The van der Waals surface area contributed by atoms with Crippen LogP contribution in [0.2, 0.25) is 0 Å². The zero-order chi connectivity index (χ0) is 7.56. The molecule has 0 aromatic rings. The standard InChI is InChI=1S/C6H12N2O2/c1-10-5-2-4(3-5)6(9)8-7/h4-5H,2-3,7H2,1H3,(H,8,9)/t4-,5-. The van der Waals surface area contributed by atoms with Crippen LogP contribution < -0.4 is 11.3 Å². The number of methoxy groups -OCH3 is 1. The number of nitrogens with one attached hydrogen (secondary N) is 1. The van der Waals surface area contributed by atoms with E-state index in [9.17, 15) is 4.79 Å². The van der Waals surface area contributed by atoms with Crippen LogP contribution in [0.5, 0.6) is 0 Å². The molecule has 58 valence electrons. The van der Waals surface area contributed by atoms with Crippen molar-refractivity contribution in [3.8, 4) is 0 Å². The SMILES string of the molecule is CO[C@H]1C[C@H](C(=O)NN)C1. The van der Waals surface area contributed by atoms with E-state index in [-0.39, 0.29) is 17.9 Å². The van der Waals surface area contributed by atoms with Crippen LogP contribution in [0.4, 0.5) is 0 Å². The summed E-state index contributed by atoms with van der Waals surface area (Å²) in [7, 11) is 1.65. The van der Waals surface area contributed by atoms with Crippen LogP contribution in [0.15, 0.2) is 0 Å². The molecule has 1 amide bonds. The molecule has 0 spiro atoms. The van der Waals surface area contributed by atoms with Crippen LogP contribution >= 0.6 is 0 Å². The largest absolute Gasteiger partial charge is 0.381 e. The van der Waals surface area contributed by atoms with Crippen LogP contribution in [0.25, 0.3) is 0 Å². The molecule has 0 heterocycles. The molecule has 0 saturated heterocycles. The topological polar surface area (TPSA) is 64.3 Å². The Kier molecular flexibility index (Phi) is 2.24. The third-order valence-corrected chi connectivity index (χ3v) is 1.94. The lowest BCUT2D eigenvalue weighted by molar-refractivity contribution is -0.132. The monoisotopic (exact) mass is 144 g/mol. The molecule has 1 fully saturated rings. The van der Waals surface area contributed by atoms with E-state index in [1.165, 1.54) is 0 Å². The minimum absolute atomic E-state index is 0.0756. The molecule has 0 aliphatic heterocycles. The Morgan fingerprint density at radius 3 is 2.70 bits per heavy atom. The average Bonchev–Trinajstić information content (AvgIpc) is 1.85. The van der Waals surface area contributed by atoms with Gasteiger partial charge in [-0.05, 0) is 12.8 Å². The second-order valence-electron chi connectivity index (χ2n) is 2.53. The van der Waals surface area contributed by atoms with Crippen LogP contribution in [0.3, 0.4) is 0 Å². The lowest BCUT2D eigenvalue weighted by Gasteiger charge is -2.32. The fraction of sp³-hybridized carbons (Fsp3) is 0.833. The van der Waals surface area contributed by atoms with E-state index in [1.807, 2.05) is 0 Å². The summed E-state index contributed by atoms with van der Waals surface area (Å²) in [5, 5.41) is 0. The van der Waals surface area contributed by atoms with Gasteiger partial charge in [-0.15, -0.1) is 0 Å². The number of carbonyl (C=O) groups is 1. The van der Waals surface area contributed by atoms with Crippen molar-refractivity contribution in [3.05, 3.63) is 0 Å². The maximum atomic E-state index is 10.8. The van der Waals surface area contributed by atoms with E-state index < -0.39 is 0 Å². The van der Waals surface area contributed by atoms with Gasteiger partial charge in [-0.1, -0.05) is 0 Å². The number of hydrazine groups is 1. The Balaban J connectivity index is 2.19. The molecular weight excluding hydrogens is 132 g/mol. The second-order valence-corrected chi connectivity index (χ2v) is 2.53. The zero-order valence-corrected chi connectivity index (χ0v) is 5.96. The van der Waals surface area contributed by atoms with Crippen LogP contribution in [0, 0.1) is 5.92 Å². The lowest BCUT2D eigenvalue weighted by Crippen LogP contribution is -2.44. The normalized spacial score (nSPS) is 31.0. The lowest BCUT2D eigenvalue weighted by atomic mass is 9.82. The molecule has 1 saturated carbocycles. The summed E-state index contributed by atoms with van der Waals surface area (Å²) in [4.78, 5) is 10.8. The van der Waals surface area contributed by atoms with Gasteiger partial charge in [0.1, 0.15) is 0 Å². The number of amides is 1. The second kappa shape index (κ2) is 2.98. The Labute approximate surface area is 59.7 Å². The maximum Gasteiger partial charge on any atom is 0.237 e. The van der Waals surface area contributed by atoms with Gasteiger partial charge in [0.15, 0.2) is 0 Å². The Hall–Kier alpha value is -0.610. The highest BCUT2D eigenvalue weighted by atomic mass is 16.5. The van der Waals surface area contributed by atoms with E-state index in [2.05, 4.69) is 5.43 Å². The molecule has 0 atom stereocenters. The highest BCUT2D eigenvalue weighted by Gasteiger charge is 2.33. The first-order valence-corrected chi connectivity index (χ1v) is 3.31. The van der Waals surface area contributed by atoms with E-state index >= 15 is 0 Å². The van der Waals surface area contributed by atoms with Gasteiger partial charge in [0.25, 0.3) is 0 Å². The fourth-order valence-electron chi connectivity index (χ4n) is 1.09. The number of ether oxygens (including phenoxy) is 1. The summed E-state index contributed by atoms with van der Waals surface area (Å²) >= 11 is 0. The Bertz CT molecular complexity index is 132. The summed E-state index contributed by atoms with van der Waals surface area (Å²) < 4.78 is 4.99. The van der Waals surface area contributed by atoms with Crippen LogP contribution in [-0.2, 0) is 9.53 Å². The third kappa shape index (κ3) is 1.27. The number of nitrogens with two attached hydrogens (primary N) is 1. The van der Waals surface area contributed by atoms with Gasteiger partial charge in [0.05, 0.1) is 6.10 Å². The highest BCUT2D eigenvalue weighted by molar-refractivity contribution is 5.78. The molecule has 0 unspecified atom stereocenters. The average molecular weight is 144 g/mol. The fourth-order valence-corrected chi connectivity index (χ4v) is 1.09. The quantitative estimate of drug-likeness (QED) is 0.309. The van der Waals surface area contributed by atoms with Crippen molar-refractivity contribution < 1.29 is 9.53 Å². The van der Waals surface area contributed by atoms with Gasteiger partial charge < -0.3 is 4.74 Å². The van der Waals surface area contributed by atoms with E-state index in [0.29, 0.717) is 0 Å². The summed E-state index contributed by atoms with van der Waals surface area (Å²) in [6.07, 6.45) is 1.88. The predicted octanol–water partition coefficient (Wildman–Crippen LogP) is -0.599. The summed E-state index contributed by atoms with van der Waals surface area (Å²) in [5.74, 6) is 4.93. The van der Waals surface area contributed by atoms with Gasteiger partial charge >= 0.3 is 0 Å². The minimum atomic E-state index is -0.0756. The summed E-state index contributed by atoms with van der Waals surface area (Å²) in [6.45, 7) is 0. The Morgan fingerprint density at radius 2 is 2.30 bits per heavy atom. The van der Waals surface area contributed by atoms with Crippen molar-refractivity contribution in [3.63, 3.8) is 0 Å². The van der Waals surface area contributed by atoms with Gasteiger partial charge in [-0.3, -0.25) is 10.2 Å². The predicted molar refractivity (Wildman–Crippen MR) is 35.9 cm³/mol. The molecule has 1 rings (SSSR count). The third-order valence-electron chi connectivity index (χ3n) is 1.94. The van der Waals surface area contributed by atoms with Crippen molar-refractivity contribution in [1.29, 1.82) is 0 Å². The van der Waals surface area contributed by atoms with Crippen LogP contribution in [0.1, 0.15) is 12.8 Å². The minimum Gasteiger partial charge on any atom is -0.381 e. The van der Waals surface area contributed by atoms with Crippen molar-refractivity contribution in [2.45, 2.75) is 18.9 Å². The van der Waals surface area contributed by atoms with Crippen LogP contribution in [-0.4, -0.2) is 19.1 Å². The van der Waals surface area contributed by atoms with Crippen molar-refractivity contribution in [2.75, 3.05) is 7.11 Å². The molecule has 4 nitrogen and oxygen atoms in total. The molecule has 0 aromatic heterocycles. The molecule has 0 aromatic carbocycles. The van der Waals surface area contributed by atoms with Gasteiger partial charge in [-0.2, -0.15) is 0 Å². The number of hydrogen-bond acceptors (Lipinski definition) is 3. The molecule has 0 radical (unpaired) electrons. The first-order valence-electron chi connectivity index (χ1n) is 3.31. The number of carbonyl (C=O) groups excluding carboxylic acids is 1. The van der Waals surface area contributed by atoms with Crippen molar-refractivity contribution in [2.24, 2.45) is 11.8 Å². The van der Waals surface area contributed by atoms with Gasteiger partial charge in [0.2, 0.25) is 5.91 Å². The molecule has 1 aliphatic carbocycles. The number of hydrogen-bond donors (Lipinski definition) is 2. The zero-order valence-electron chi connectivity index (χ0n) is 5.96. The van der Waals surface area contributed by atoms with Crippen molar-refractivity contribution >= 4 is 5.91 Å². The molecule has 0 bridgehead atoms. The van der Waals surface area contributed by atoms with E-state index in [0.717, 1.165) is 12.8 Å². The molecule has 10 heavy (non-hydrogen) atoms. The molecule has 4 heteroatoms. The summed E-state index contributed by atoms with van der Waals surface area (Å²) in [5.41, 5.74) is 2.12. The number of rotatable bonds is 2. The first-order chi connectivity index (χ1) is 4.77. The van der Waals surface area contributed by atoms with Crippen molar-refractivity contribution in [1.82, 2.24) is 5.43 Å². The summed E-state index contributed by atoms with van der Waals surface area (Å²) in [6, 6.07) is 0. The molecule has 3 N–H and O–H groups in total. The van der Waals surface area contributed by atoms with E-state index in [4.69, 9.17) is 10.6 Å². The Morgan fingerprint density at radius 1 is 1.70 bits per heavy atom. The molecular formula is C6H12N2O2. The van der Waals surface area contributed by atoms with E-state index in [1.54, 1.807) is 7.11 Å². The maximum absolute atomic E-state index is 10.8. The van der Waals surface area contributed by atoms with Gasteiger partial charge in [-0.25, -0.2) is 5.84 Å². The highest BCUT2D eigenvalue weighted by Crippen LogP contribution is 2.29. The first kappa shape index (κ1) is 7.50. The van der Waals surface area contributed by atoms with Gasteiger partial charge in [0, 0.05) is 13.0 Å². The molecule has 1 aliphatic rings.